The quantitative estimate of drug-likeness (QED) is 0.911. The average molecular weight is 316 g/mol. The second-order valence-electron chi connectivity index (χ2n) is 6.71. The molecule has 2 aromatic rings. The third kappa shape index (κ3) is 4.39. The molecule has 1 aliphatic carbocycles. The van der Waals surface area contributed by atoms with E-state index < -0.39 is 0 Å². The Balaban J connectivity index is 1.67. The lowest BCUT2D eigenvalue weighted by molar-refractivity contribution is 0.480. The maximum atomic E-state index is 4.41. The van der Waals surface area contributed by atoms with E-state index in [1.165, 1.54) is 70.6 Å². The molecule has 0 bridgehead atoms. The van der Waals surface area contributed by atoms with E-state index >= 15 is 0 Å². The Labute approximate surface area is 138 Å². The highest BCUT2D eigenvalue weighted by molar-refractivity contribution is 5.81. The van der Waals surface area contributed by atoms with Crippen LogP contribution < -0.4 is 5.32 Å². The monoisotopic (exact) mass is 316 g/mol. The van der Waals surface area contributed by atoms with E-state index in [4.69, 9.17) is 0 Å². The summed E-state index contributed by atoms with van der Waals surface area (Å²) in [4.78, 5) is 8.67. The Bertz CT molecular complexity index is 596. The maximum absolute atomic E-state index is 4.41. The molecule has 23 heavy (non-hydrogen) atoms. The van der Waals surface area contributed by atoms with Crippen LogP contribution in [0.4, 0.5) is 5.82 Å². The van der Waals surface area contributed by atoms with Gasteiger partial charge in [-0.05, 0) is 12.8 Å². The lowest BCUT2D eigenvalue weighted by Crippen LogP contribution is -2.20. The smallest absolute Gasteiger partial charge is 0.183 e. The van der Waals surface area contributed by atoms with Crippen LogP contribution in [-0.2, 0) is 7.05 Å². The second-order valence-corrected chi connectivity index (χ2v) is 6.71. The number of fused-ring (bicyclic) bond motifs is 1. The van der Waals surface area contributed by atoms with Crippen LogP contribution in [0.25, 0.3) is 11.2 Å². The summed E-state index contributed by atoms with van der Waals surface area (Å²) in [6.07, 6.45) is 16.3. The Kier molecular flexibility index (Phi) is 5.77. The zero-order valence-electron chi connectivity index (χ0n) is 14.2. The normalized spacial score (nSPS) is 19.2. The van der Waals surface area contributed by atoms with Gasteiger partial charge in [-0.3, -0.25) is 0 Å². The van der Waals surface area contributed by atoms with Crippen molar-refractivity contribution < 1.29 is 0 Å². The van der Waals surface area contributed by atoms with Crippen molar-refractivity contribution in [2.75, 3.05) is 5.32 Å². The first-order valence-electron chi connectivity index (χ1n) is 9.11. The fraction of sp³-hybridized carbons (Fsp3) is 0.765. The first kappa shape index (κ1) is 16.1. The molecular formula is C17H28N6. The zero-order valence-corrected chi connectivity index (χ0v) is 14.2. The van der Waals surface area contributed by atoms with E-state index in [1.807, 2.05) is 7.05 Å². The third-order valence-electron chi connectivity index (χ3n) is 4.83. The molecule has 1 saturated carbocycles. The second kappa shape index (κ2) is 8.22. The van der Waals surface area contributed by atoms with Crippen LogP contribution in [0, 0.1) is 0 Å². The van der Waals surface area contributed by atoms with Crippen LogP contribution in [0.1, 0.15) is 70.6 Å². The van der Waals surface area contributed by atoms with E-state index in [-0.39, 0.29) is 0 Å². The highest BCUT2D eigenvalue weighted by atomic mass is 15.4. The summed E-state index contributed by atoms with van der Waals surface area (Å²) in [6, 6.07) is 0.481. The molecule has 2 aromatic heterocycles. The standard InChI is InChI=1S/C17H28N6/c1-23-17-15(21-22-23)16(18-13-19-17)20-14-11-9-7-5-3-2-4-6-8-10-12-14/h13-14H,2-12H2,1H3,(H,18,19,20). The van der Waals surface area contributed by atoms with Gasteiger partial charge in [0.1, 0.15) is 6.33 Å². The van der Waals surface area contributed by atoms with Gasteiger partial charge in [-0.15, -0.1) is 5.10 Å². The number of nitrogens with one attached hydrogen (secondary N) is 1. The minimum absolute atomic E-state index is 0.481. The van der Waals surface area contributed by atoms with Gasteiger partial charge >= 0.3 is 0 Å². The van der Waals surface area contributed by atoms with Crippen molar-refractivity contribution in [3.63, 3.8) is 0 Å². The molecule has 0 aliphatic heterocycles. The number of aryl methyl sites for hydroxylation is 1. The SMILES string of the molecule is Cn1nnc2c(NC3CCCCCCCCCCC3)ncnc21. The van der Waals surface area contributed by atoms with Crippen molar-refractivity contribution in [2.24, 2.45) is 7.05 Å². The molecule has 0 saturated heterocycles. The molecule has 0 spiro atoms. The molecule has 2 heterocycles. The highest BCUT2D eigenvalue weighted by Gasteiger charge is 2.14. The van der Waals surface area contributed by atoms with Crippen molar-refractivity contribution in [1.82, 2.24) is 25.0 Å². The van der Waals surface area contributed by atoms with Crippen LogP contribution in [0.5, 0.6) is 0 Å². The van der Waals surface area contributed by atoms with Gasteiger partial charge in [0.15, 0.2) is 17.0 Å². The fourth-order valence-corrected chi connectivity index (χ4v) is 3.46. The van der Waals surface area contributed by atoms with Crippen LogP contribution in [0.3, 0.4) is 0 Å². The first-order chi connectivity index (χ1) is 11.3. The molecule has 3 rings (SSSR count). The predicted molar refractivity (Wildman–Crippen MR) is 92.3 cm³/mol. The largest absolute Gasteiger partial charge is 0.365 e. The van der Waals surface area contributed by atoms with Gasteiger partial charge in [0.25, 0.3) is 0 Å². The summed E-state index contributed by atoms with van der Waals surface area (Å²) in [6.45, 7) is 0. The summed E-state index contributed by atoms with van der Waals surface area (Å²) in [5.74, 6) is 0.834. The van der Waals surface area contributed by atoms with Crippen molar-refractivity contribution in [3.05, 3.63) is 6.33 Å². The van der Waals surface area contributed by atoms with Crippen LogP contribution in [0.15, 0.2) is 6.33 Å². The van der Waals surface area contributed by atoms with E-state index in [0.717, 1.165) is 17.0 Å². The van der Waals surface area contributed by atoms with Crippen LogP contribution in [-0.4, -0.2) is 31.0 Å². The van der Waals surface area contributed by atoms with Gasteiger partial charge in [0, 0.05) is 13.1 Å². The molecule has 0 radical (unpaired) electrons. The minimum atomic E-state index is 0.481. The van der Waals surface area contributed by atoms with Gasteiger partial charge in [0.2, 0.25) is 0 Å². The number of hydrogen-bond acceptors (Lipinski definition) is 5. The van der Waals surface area contributed by atoms with Gasteiger partial charge in [-0.25, -0.2) is 14.6 Å². The van der Waals surface area contributed by atoms with Crippen molar-refractivity contribution in [3.8, 4) is 0 Å². The van der Waals surface area contributed by atoms with Crippen molar-refractivity contribution in [2.45, 2.75) is 76.7 Å². The molecule has 0 aromatic carbocycles. The molecule has 126 valence electrons. The van der Waals surface area contributed by atoms with E-state index in [2.05, 4.69) is 25.6 Å². The molecule has 0 unspecified atom stereocenters. The molecule has 1 fully saturated rings. The molecule has 0 amide bonds. The Morgan fingerprint density at radius 3 is 2.17 bits per heavy atom. The summed E-state index contributed by atoms with van der Waals surface area (Å²) >= 11 is 0. The van der Waals surface area contributed by atoms with Crippen LogP contribution in [0.2, 0.25) is 0 Å². The number of anilines is 1. The number of hydrogen-bond donors (Lipinski definition) is 1. The zero-order chi connectivity index (χ0) is 15.9. The Hall–Kier alpha value is -1.72. The van der Waals surface area contributed by atoms with Crippen LogP contribution >= 0.6 is 0 Å². The summed E-state index contributed by atoms with van der Waals surface area (Å²) in [7, 11) is 1.86. The molecule has 6 heteroatoms. The molecule has 1 N–H and O–H groups in total. The van der Waals surface area contributed by atoms with E-state index in [9.17, 15) is 0 Å². The number of rotatable bonds is 2. The molecule has 1 aliphatic rings. The van der Waals surface area contributed by atoms with Crippen molar-refractivity contribution >= 4 is 17.0 Å². The maximum Gasteiger partial charge on any atom is 0.183 e. The molecule has 6 nitrogen and oxygen atoms in total. The predicted octanol–water partition coefficient (Wildman–Crippen LogP) is 3.84. The minimum Gasteiger partial charge on any atom is -0.365 e. The topological polar surface area (TPSA) is 68.5 Å². The van der Waals surface area contributed by atoms with Gasteiger partial charge in [0.05, 0.1) is 0 Å². The lowest BCUT2D eigenvalue weighted by Gasteiger charge is -2.20. The van der Waals surface area contributed by atoms with Crippen molar-refractivity contribution in [1.29, 1.82) is 0 Å². The summed E-state index contributed by atoms with van der Waals surface area (Å²) in [5.41, 5.74) is 1.57. The van der Waals surface area contributed by atoms with Gasteiger partial charge in [-0.1, -0.05) is 63.0 Å². The van der Waals surface area contributed by atoms with E-state index in [1.54, 1.807) is 11.0 Å². The van der Waals surface area contributed by atoms with Gasteiger partial charge in [-0.2, -0.15) is 0 Å². The summed E-state index contributed by atoms with van der Waals surface area (Å²) < 4.78 is 1.70. The third-order valence-corrected chi connectivity index (χ3v) is 4.83. The fourth-order valence-electron chi connectivity index (χ4n) is 3.46. The number of aromatic nitrogens is 5. The molecular weight excluding hydrogens is 288 g/mol. The van der Waals surface area contributed by atoms with E-state index in [0.29, 0.717) is 6.04 Å². The summed E-state index contributed by atoms with van der Waals surface area (Å²) in [5, 5.41) is 11.9. The Morgan fingerprint density at radius 1 is 0.913 bits per heavy atom. The lowest BCUT2D eigenvalue weighted by atomic mass is 9.98. The number of nitrogens with zero attached hydrogens (tertiary/aromatic N) is 5. The first-order valence-corrected chi connectivity index (χ1v) is 9.11. The highest BCUT2D eigenvalue weighted by Crippen LogP contribution is 2.22. The molecule has 0 atom stereocenters. The van der Waals surface area contributed by atoms with Gasteiger partial charge < -0.3 is 5.32 Å². The Morgan fingerprint density at radius 2 is 1.52 bits per heavy atom. The average Bonchev–Trinajstić information content (AvgIpc) is 2.93.